The van der Waals surface area contributed by atoms with Crippen LogP contribution in [0.3, 0.4) is 0 Å². The molecule has 0 bridgehead atoms. The smallest absolute Gasteiger partial charge is 0.307 e. The van der Waals surface area contributed by atoms with Crippen LogP contribution in [0.4, 0.5) is 5.13 Å². The number of nitrogens with one attached hydrogen (secondary N) is 1. The lowest BCUT2D eigenvalue weighted by molar-refractivity contribution is 0.760. The molecule has 4 nitrogen and oxygen atoms in total. The first-order valence-electron chi connectivity index (χ1n) is 5.97. The zero-order valence-corrected chi connectivity index (χ0v) is 12.5. The monoisotopic (exact) mass is 283 g/mol. The van der Waals surface area contributed by atoms with Crippen LogP contribution in [0.2, 0.25) is 0 Å². The van der Waals surface area contributed by atoms with E-state index >= 15 is 0 Å². The number of hydrogen-bond acceptors (Lipinski definition) is 5. The molecule has 0 unspecified atom stereocenters. The molecule has 6 heteroatoms. The Bertz CT molecular complexity index is 582. The van der Waals surface area contributed by atoms with Gasteiger partial charge in [0, 0.05) is 28.2 Å². The second-order valence-electron chi connectivity index (χ2n) is 4.15. The molecule has 0 spiro atoms. The fourth-order valence-corrected chi connectivity index (χ4v) is 3.28. The van der Waals surface area contributed by atoms with Gasteiger partial charge in [-0.3, -0.25) is 9.36 Å². The molecule has 2 rings (SSSR count). The van der Waals surface area contributed by atoms with Crippen LogP contribution in [0.25, 0.3) is 0 Å². The normalized spacial score (nSPS) is 10.8. The summed E-state index contributed by atoms with van der Waals surface area (Å²) in [6.45, 7) is 7.66. The number of thiazole rings is 2. The molecule has 0 fully saturated rings. The van der Waals surface area contributed by atoms with Crippen LogP contribution in [-0.4, -0.2) is 16.1 Å². The Morgan fingerprint density at radius 2 is 2.17 bits per heavy atom. The van der Waals surface area contributed by atoms with Crippen molar-refractivity contribution in [2.75, 3.05) is 11.9 Å². The molecule has 0 saturated carbocycles. The van der Waals surface area contributed by atoms with E-state index in [1.54, 1.807) is 11.3 Å². The second-order valence-corrected chi connectivity index (χ2v) is 6.44. The first-order valence-corrected chi connectivity index (χ1v) is 7.60. The summed E-state index contributed by atoms with van der Waals surface area (Å²) in [5, 5.41) is 4.19. The van der Waals surface area contributed by atoms with Crippen LogP contribution in [0, 0.1) is 13.8 Å². The fraction of sp³-hybridized carbons (Fsp3) is 0.500. The molecule has 2 aromatic heterocycles. The minimum atomic E-state index is 0.112. The Hall–Kier alpha value is -1.14. The number of aromatic nitrogens is 2. The first kappa shape index (κ1) is 13.3. The van der Waals surface area contributed by atoms with Crippen LogP contribution < -0.4 is 10.2 Å². The van der Waals surface area contributed by atoms with Crippen LogP contribution in [0.5, 0.6) is 0 Å². The summed E-state index contributed by atoms with van der Waals surface area (Å²) in [5.41, 5.74) is 1.06. The SMILES string of the molecule is CCCNc1ncc(Cn2c(C)c(C)sc2=O)s1. The Labute approximate surface area is 114 Å². The molecule has 2 aromatic rings. The van der Waals surface area contributed by atoms with Gasteiger partial charge in [0.15, 0.2) is 5.13 Å². The average molecular weight is 283 g/mol. The molecule has 0 saturated heterocycles. The van der Waals surface area contributed by atoms with E-state index in [2.05, 4.69) is 17.2 Å². The summed E-state index contributed by atoms with van der Waals surface area (Å²) in [5.74, 6) is 0. The van der Waals surface area contributed by atoms with E-state index in [9.17, 15) is 4.79 Å². The summed E-state index contributed by atoms with van der Waals surface area (Å²) >= 11 is 2.93. The van der Waals surface area contributed by atoms with Crippen molar-refractivity contribution in [3.05, 3.63) is 31.3 Å². The lowest BCUT2D eigenvalue weighted by Gasteiger charge is -2.01. The van der Waals surface area contributed by atoms with Gasteiger partial charge in [-0.15, -0.1) is 11.3 Å². The van der Waals surface area contributed by atoms with Gasteiger partial charge < -0.3 is 5.32 Å². The van der Waals surface area contributed by atoms with Crippen molar-refractivity contribution < 1.29 is 0 Å². The minimum Gasteiger partial charge on any atom is -0.362 e. The summed E-state index contributed by atoms with van der Waals surface area (Å²) in [6.07, 6.45) is 2.93. The molecule has 0 aliphatic rings. The molecular weight excluding hydrogens is 266 g/mol. The molecule has 2 heterocycles. The Morgan fingerprint density at radius 1 is 1.39 bits per heavy atom. The van der Waals surface area contributed by atoms with Crippen molar-refractivity contribution in [3.63, 3.8) is 0 Å². The van der Waals surface area contributed by atoms with Crippen LogP contribution in [0.15, 0.2) is 11.0 Å². The fourth-order valence-electron chi connectivity index (χ4n) is 1.62. The molecule has 18 heavy (non-hydrogen) atoms. The number of rotatable bonds is 5. The van der Waals surface area contributed by atoms with Gasteiger partial charge in [-0.05, 0) is 20.3 Å². The largest absolute Gasteiger partial charge is 0.362 e. The van der Waals surface area contributed by atoms with Crippen molar-refractivity contribution in [3.8, 4) is 0 Å². The van der Waals surface area contributed by atoms with E-state index in [0.29, 0.717) is 6.54 Å². The number of hydrogen-bond donors (Lipinski definition) is 1. The summed E-state index contributed by atoms with van der Waals surface area (Å²) < 4.78 is 1.82. The summed E-state index contributed by atoms with van der Waals surface area (Å²) in [4.78, 5) is 18.4. The lowest BCUT2D eigenvalue weighted by atomic mass is 10.4. The third-order valence-corrected chi connectivity index (χ3v) is 4.71. The van der Waals surface area contributed by atoms with Crippen molar-refractivity contribution in [2.45, 2.75) is 33.7 Å². The van der Waals surface area contributed by atoms with Gasteiger partial charge in [0.25, 0.3) is 0 Å². The van der Waals surface area contributed by atoms with Gasteiger partial charge in [0.2, 0.25) is 0 Å². The highest BCUT2D eigenvalue weighted by atomic mass is 32.1. The molecule has 0 amide bonds. The van der Waals surface area contributed by atoms with Crippen molar-refractivity contribution in [2.24, 2.45) is 0 Å². The van der Waals surface area contributed by atoms with E-state index in [-0.39, 0.29) is 4.87 Å². The Balaban J connectivity index is 2.14. The predicted molar refractivity (Wildman–Crippen MR) is 78.0 cm³/mol. The van der Waals surface area contributed by atoms with Gasteiger partial charge in [0.05, 0.1) is 6.54 Å². The Kier molecular flexibility index (Phi) is 4.19. The van der Waals surface area contributed by atoms with Crippen LogP contribution in [-0.2, 0) is 6.54 Å². The lowest BCUT2D eigenvalue weighted by Crippen LogP contribution is -2.14. The minimum absolute atomic E-state index is 0.112. The Morgan fingerprint density at radius 3 is 2.78 bits per heavy atom. The quantitative estimate of drug-likeness (QED) is 0.918. The molecular formula is C12H17N3OS2. The third-order valence-electron chi connectivity index (χ3n) is 2.77. The van der Waals surface area contributed by atoms with Crippen LogP contribution >= 0.6 is 22.7 Å². The standard InChI is InChI=1S/C12H17N3OS2/c1-4-5-13-11-14-6-10(18-11)7-15-8(2)9(3)17-12(15)16/h6H,4-5,7H2,1-3H3,(H,13,14). The predicted octanol–water partition coefficient (Wildman–Crippen LogP) is 2.85. The van der Waals surface area contributed by atoms with Gasteiger partial charge in [-0.2, -0.15) is 0 Å². The molecule has 0 aromatic carbocycles. The highest BCUT2D eigenvalue weighted by molar-refractivity contribution is 7.15. The van der Waals surface area contributed by atoms with Gasteiger partial charge in [0.1, 0.15) is 0 Å². The average Bonchev–Trinajstić information content (AvgIpc) is 2.88. The number of anilines is 1. The number of aryl methyl sites for hydroxylation is 1. The van der Waals surface area contributed by atoms with E-state index in [0.717, 1.165) is 33.5 Å². The van der Waals surface area contributed by atoms with Crippen molar-refractivity contribution in [1.82, 2.24) is 9.55 Å². The maximum atomic E-state index is 11.8. The second kappa shape index (κ2) is 5.67. The van der Waals surface area contributed by atoms with Crippen molar-refractivity contribution >= 4 is 27.8 Å². The molecule has 98 valence electrons. The maximum absolute atomic E-state index is 11.8. The zero-order valence-electron chi connectivity index (χ0n) is 10.8. The maximum Gasteiger partial charge on any atom is 0.307 e. The molecule has 1 N–H and O–H groups in total. The van der Waals surface area contributed by atoms with Gasteiger partial charge >= 0.3 is 4.87 Å². The molecule has 0 aliphatic heterocycles. The van der Waals surface area contributed by atoms with E-state index < -0.39 is 0 Å². The van der Waals surface area contributed by atoms with E-state index in [1.165, 1.54) is 11.3 Å². The highest BCUT2D eigenvalue weighted by Crippen LogP contribution is 2.20. The highest BCUT2D eigenvalue weighted by Gasteiger charge is 2.09. The first-order chi connectivity index (χ1) is 8.61. The number of nitrogens with zero attached hydrogens (tertiary/aromatic N) is 2. The topological polar surface area (TPSA) is 46.9 Å². The van der Waals surface area contributed by atoms with Crippen molar-refractivity contribution in [1.29, 1.82) is 0 Å². The van der Waals surface area contributed by atoms with Gasteiger partial charge in [-0.25, -0.2) is 4.98 Å². The summed E-state index contributed by atoms with van der Waals surface area (Å²) in [6, 6.07) is 0. The van der Waals surface area contributed by atoms with Crippen LogP contribution in [0.1, 0.15) is 28.8 Å². The zero-order chi connectivity index (χ0) is 13.1. The third kappa shape index (κ3) is 2.81. The van der Waals surface area contributed by atoms with E-state index in [4.69, 9.17) is 0 Å². The summed E-state index contributed by atoms with van der Waals surface area (Å²) in [7, 11) is 0. The molecule has 0 aliphatic carbocycles. The molecule has 0 radical (unpaired) electrons. The van der Waals surface area contributed by atoms with E-state index in [1.807, 2.05) is 24.6 Å². The van der Waals surface area contributed by atoms with Gasteiger partial charge in [-0.1, -0.05) is 18.3 Å². The molecule has 0 atom stereocenters.